The van der Waals surface area contributed by atoms with Crippen molar-refractivity contribution in [3.05, 3.63) is 24.3 Å². The van der Waals surface area contributed by atoms with Crippen molar-refractivity contribution in [1.82, 2.24) is 4.90 Å². The molecule has 0 aliphatic heterocycles. The first-order valence-electron chi connectivity index (χ1n) is 4.17. The molecule has 0 aromatic heterocycles. The summed E-state index contributed by atoms with van der Waals surface area (Å²) in [4.78, 5) is 2.03. The normalized spacial score (nSPS) is 42.5. The van der Waals surface area contributed by atoms with Crippen molar-refractivity contribution >= 4 is 0 Å². The Hall–Kier alpha value is -1.07. The van der Waals surface area contributed by atoms with E-state index < -0.39 is 0 Å². The van der Waals surface area contributed by atoms with Crippen LogP contribution in [0.4, 0.5) is 0 Å². The van der Waals surface area contributed by atoms with Crippen molar-refractivity contribution in [1.29, 1.82) is 5.26 Å². The van der Waals surface area contributed by atoms with Crippen LogP contribution in [0.5, 0.6) is 0 Å². The van der Waals surface area contributed by atoms with E-state index in [1.54, 1.807) is 0 Å². The fourth-order valence-corrected chi connectivity index (χ4v) is 2.26. The zero-order chi connectivity index (χ0) is 8.77. The number of nitriles is 1. The van der Waals surface area contributed by atoms with Crippen molar-refractivity contribution in [3.8, 4) is 6.07 Å². The second-order valence-electron chi connectivity index (χ2n) is 3.65. The Morgan fingerprint density at radius 3 is 1.75 bits per heavy atom. The average molecular weight is 160 g/mol. The highest BCUT2D eigenvalue weighted by Crippen LogP contribution is 2.44. The molecule has 0 amide bonds. The maximum Gasteiger partial charge on any atom is 0.128 e. The fraction of sp³-hybridized carbons (Fsp3) is 0.500. The largest absolute Gasteiger partial charge is 0.290 e. The van der Waals surface area contributed by atoms with Gasteiger partial charge in [-0.2, -0.15) is 5.26 Å². The Morgan fingerprint density at radius 2 is 1.58 bits per heavy atom. The van der Waals surface area contributed by atoms with Crippen LogP contribution in [0, 0.1) is 23.2 Å². The van der Waals surface area contributed by atoms with E-state index in [0.29, 0.717) is 11.8 Å². The molecule has 2 aliphatic rings. The quantitative estimate of drug-likeness (QED) is 0.539. The standard InChI is InChI=1S/C10H12N2/c1-12(2)10(7-11)8-3-4-9(10)6-5-8/h3-6,8-9H,1-2H3. The lowest BCUT2D eigenvalue weighted by molar-refractivity contribution is 0.179. The van der Waals surface area contributed by atoms with Crippen molar-refractivity contribution in [2.75, 3.05) is 14.1 Å². The molecule has 0 unspecified atom stereocenters. The first-order chi connectivity index (χ1) is 5.71. The van der Waals surface area contributed by atoms with Gasteiger partial charge < -0.3 is 0 Å². The minimum Gasteiger partial charge on any atom is -0.290 e. The summed E-state index contributed by atoms with van der Waals surface area (Å²) in [6.45, 7) is 0. The van der Waals surface area contributed by atoms with E-state index in [1.807, 2.05) is 19.0 Å². The van der Waals surface area contributed by atoms with E-state index in [0.717, 1.165) is 0 Å². The first kappa shape index (κ1) is 7.57. The van der Waals surface area contributed by atoms with E-state index in [2.05, 4.69) is 30.4 Å². The number of fused-ring (bicyclic) bond motifs is 2. The van der Waals surface area contributed by atoms with Gasteiger partial charge in [0.2, 0.25) is 0 Å². The highest BCUT2D eigenvalue weighted by molar-refractivity contribution is 5.40. The smallest absolute Gasteiger partial charge is 0.128 e. The molecule has 2 nitrogen and oxygen atoms in total. The third kappa shape index (κ3) is 0.627. The fourth-order valence-electron chi connectivity index (χ4n) is 2.26. The third-order valence-electron chi connectivity index (χ3n) is 2.99. The Labute approximate surface area is 72.8 Å². The second-order valence-corrected chi connectivity index (χ2v) is 3.65. The zero-order valence-electron chi connectivity index (χ0n) is 7.36. The predicted molar refractivity (Wildman–Crippen MR) is 47.3 cm³/mol. The molecule has 2 aliphatic carbocycles. The summed E-state index contributed by atoms with van der Waals surface area (Å²) in [6, 6.07) is 2.44. The first-order valence-corrected chi connectivity index (χ1v) is 4.17. The Balaban J connectivity index is 2.42. The van der Waals surface area contributed by atoms with Gasteiger partial charge in [0.1, 0.15) is 5.54 Å². The van der Waals surface area contributed by atoms with Crippen LogP contribution in [0.3, 0.4) is 0 Å². The van der Waals surface area contributed by atoms with Gasteiger partial charge in [-0.3, -0.25) is 4.90 Å². The molecule has 12 heavy (non-hydrogen) atoms. The van der Waals surface area contributed by atoms with Crippen LogP contribution in [0.1, 0.15) is 0 Å². The SMILES string of the molecule is CN(C)C1(C#N)C2C=CC1C=C2. The molecule has 0 fully saturated rings. The van der Waals surface area contributed by atoms with E-state index in [9.17, 15) is 5.26 Å². The highest BCUT2D eigenvalue weighted by Gasteiger charge is 2.50. The lowest BCUT2D eigenvalue weighted by Crippen LogP contribution is -2.48. The molecular weight excluding hydrogens is 148 g/mol. The summed E-state index contributed by atoms with van der Waals surface area (Å²) in [7, 11) is 3.95. The van der Waals surface area contributed by atoms with Gasteiger partial charge in [-0.05, 0) is 14.1 Å². The van der Waals surface area contributed by atoms with Gasteiger partial charge in [0.15, 0.2) is 0 Å². The molecule has 0 saturated heterocycles. The van der Waals surface area contributed by atoms with E-state index >= 15 is 0 Å². The summed E-state index contributed by atoms with van der Waals surface area (Å²) < 4.78 is 0. The number of hydrogen-bond acceptors (Lipinski definition) is 2. The molecule has 0 atom stereocenters. The van der Waals surface area contributed by atoms with Crippen LogP contribution in [-0.2, 0) is 0 Å². The number of rotatable bonds is 1. The Morgan fingerprint density at radius 1 is 1.17 bits per heavy atom. The summed E-state index contributed by atoms with van der Waals surface area (Å²) in [6.07, 6.45) is 8.53. The van der Waals surface area contributed by atoms with E-state index in [1.165, 1.54) is 0 Å². The van der Waals surface area contributed by atoms with Crippen LogP contribution in [0.15, 0.2) is 24.3 Å². The number of nitrogens with zero attached hydrogens (tertiary/aromatic N) is 2. The summed E-state index contributed by atoms with van der Waals surface area (Å²) in [5.74, 6) is 0.588. The summed E-state index contributed by atoms with van der Waals surface area (Å²) >= 11 is 0. The predicted octanol–water partition coefficient (Wildman–Crippen LogP) is 1.18. The maximum atomic E-state index is 9.20. The van der Waals surface area contributed by atoms with Crippen molar-refractivity contribution < 1.29 is 0 Å². The molecule has 0 N–H and O–H groups in total. The van der Waals surface area contributed by atoms with Gasteiger partial charge in [0.05, 0.1) is 6.07 Å². The van der Waals surface area contributed by atoms with Gasteiger partial charge >= 0.3 is 0 Å². The average Bonchev–Trinajstić information content (AvgIpc) is 2.58. The molecule has 0 spiro atoms. The molecule has 2 rings (SSSR count). The minimum atomic E-state index is -0.319. The molecule has 0 aromatic carbocycles. The van der Waals surface area contributed by atoms with Crippen molar-refractivity contribution in [2.45, 2.75) is 5.54 Å². The van der Waals surface area contributed by atoms with Gasteiger partial charge in [-0.1, -0.05) is 24.3 Å². The Bertz CT molecular complexity index is 263. The molecule has 0 aromatic rings. The van der Waals surface area contributed by atoms with Gasteiger partial charge in [0, 0.05) is 11.8 Å². The van der Waals surface area contributed by atoms with E-state index in [-0.39, 0.29) is 5.54 Å². The van der Waals surface area contributed by atoms with Crippen LogP contribution in [0.2, 0.25) is 0 Å². The Kier molecular flexibility index (Phi) is 1.39. The van der Waals surface area contributed by atoms with Crippen LogP contribution >= 0.6 is 0 Å². The minimum absolute atomic E-state index is 0.294. The molecule has 2 heteroatoms. The van der Waals surface area contributed by atoms with Crippen LogP contribution in [-0.4, -0.2) is 24.5 Å². The molecule has 0 radical (unpaired) electrons. The van der Waals surface area contributed by atoms with Crippen molar-refractivity contribution in [3.63, 3.8) is 0 Å². The zero-order valence-corrected chi connectivity index (χ0v) is 7.36. The second kappa shape index (κ2) is 2.21. The monoisotopic (exact) mass is 160 g/mol. The summed E-state index contributed by atoms with van der Waals surface area (Å²) in [5, 5.41) is 9.20. The van der Waals surface area contributed by atoms with Gasteiger partial charge in [-0.25, -0.2) is 0 Å². The van der Waals surface area contributed by atoms with Crippen LogP contribution < -0.4 is 0 Å². The van der Waals surface area contributed by atoms with E-state index in [4.69, 9.17) is 0 Å². The van der Waals surface area contributed by atoms with Crippen molar-refractivity contribution in [2.24, 2.45) is 11.8 Å². The van der Waals surface area contributed by atoms with Gasteiger partial charge in [-0.15, -0.1) is 0 Å². The molecule has 62 valence electrons. The molecule has 2 bridgehead atoms. The lowest BCUT2D eigenvalue weighted by atomic mass is 9.85. The third-order valence-corrected chi connectivity index (χ3v) is 2.99. The molecular formula is C10H12N2. The highest BCUT2D eigenvalue weighted by atomic mass is 15.2. The lowest BCUT2D eigenvalue weighted by Gasteiger charge is -2.34. The topological polar surface area (TPSA) is 27.0 Å². The molecule has 0 saturated carbocycles. The molecule has 0 heterocycles. The maximum absolute atomic E-state index is 9.20. The van der Waals surface area contributed by atoms with Crippen LogP contribution in [0.25, 0.3) is 0 Å². The summed E-state index contributed by atoms with van der Waals surface area (Å²) in [5.41, 5.74) is -0.319. The van der Waals surface area contributed by atoms with Gasteiger partial charge in [0.25, 0.3) is 0 Å². The number of hydrogen-bond donors (Lipinski definition) is 0.